The van der Waals surface area contributed by atoms with Crippen molar-refractivity contribution in [2.75, 3.05) is 0 Å². The molecule has 0 spiro atoms. The standard InChI is InChI=1S/C18H16Cl2N4/c19-17-8-3-6-15(22-17)12-24(11-14-5-1-2-10-21-14)13-16-7-4-9-18(20)23-16/h1-10H,11-13H2. The van der Waals surface area contributed by atoms with Gasteiger partial charge in [-0.15, -0.1) is 0 Å². The van der Waals surface area contributed by atoms with Crippen molar-refractivity contribution in [3.8, 4) is 0 Å². The molecule has 0 aliphatic heterocycles. The summed E-state index contributed by atoms with van der Waals surface area (Å²) < 4.78 is 0. The van der Waals surface area contributed by atoms with Gasteiger partial charge in [0.1, 0.15) is 10.3 Å². The molecule has 0 saturated heterocycles. The fourth-order valence-electron chi connectivity index (χ4n) is 2.42. The highest BCUT2D eigenvalue weighted by molar-refractivity contribution is 6.29. The Labute approximate surface area is 151 Å². The Morgan fingerprint density at radius 3 is 1.71 bits per heavy atom. The Kier molecular flexibility index (Phi) is 5.75. The molecule has 24 heavy (non-hydrogen) atoms. The maximum atomic E-state index is 6.00. The van der Waals surface area contributed by atoms with Crippen LogP contribution >= 0.6 is 23.2 Å². The fourth-order valence-corrected chi connectivity index (χ4v) is 2.79. The average Bonchev–Trinajstić information content (AvgIpc) is 2.56. The molecule has 0 fully saturated rings. The van der Waals surface area contributed by atoms with E-state index in [0.717, 1.165) is 17.1 Å². The molecular formula is C18H16Cl2N4. The van der Waals surface area contributed by atoms with Crippen LogP contribution in [0.5, 0.6) is 0 Å². The molecule has 0 aliphatic rings. The average molecular weight is 359 g/mol. The topological polar surface area (TPSA) is 41.9 Å². The summed E-state index contributed by atoms with van der Waals surface area (Å²) in [6.45, 7) is 1.97. The van der Waals surface area contributed by atoms with E-state index in [1.165, 1.54) is 0 Å². The molecule has 0 bridgehead atoms. The van der Waals surface area contributed by atoms with Gasteiger partial charge in [-0.05, 0) is 36.4 Å². The van der Waals surface area contributed by atoms with Crippen molar-refractivity contribution in [3.05, 3.63) is 88.2 Å². The molecule has 3 aromatic heterocycles. The van der Waals surface area contributed by atoms with E-state index < -0.39 is 0 Å². The number of halogens is 2. The van der Waals surface area contributed by atoms with Crippen LogP contribution < -0.4 is 0 Å². The molecule has 0 aliphatic carbocycles. The van der Waals surface area contributed by atoms with Crippen LogP contribution in [0.4, 0.5) is 0 Å². The van der Waals surface area contributed by atoms with Crippen molar-refractivity contribution >= 4 is 23.2 Å². The minimum atomic E-state index is 0.492. The summed E-state index contributed by atoms with van der Waals surface area (Å²) in [6, 6.07) is 17.2. The number of hydrogen-bond donors (Lipinski definition) is 0. The number of rotatable bonds is 6. The Balaban J connectivity index is 1.80. The lowest BCUT2D eigenvalue weighted by Gasteiger charge is -2.21. The van der Waals surface area contributed by atoms with Crippen LogP contribution in [0.1, 0.15) is 17.1 Å². The first-order valence-corrected chi connectivity index (χ1v) is 8.30. The van der Waals surface area contributed by atoms with Gasteiger partial charge >= 0.3 is 0 Å². The van der Waals surface area contributed by atoms with Crippen LogP contribution in [-0.2, 0) is 19.6 Å². The van der Waals surface area contributed by atoms with Crippen LogP contribution in [0, 0.1) is 0 Å². The number of aromatic nitrogens is 3. The first kappa shape index (κ1) is 16.8. The summed E-state index contributed by atoms with van der Waals surface area (Å²) >= 11 is 12.0. The largest absolute Gasteiger partial charge is 0.286 e. The Hall–Kier alpha value is -2.01. The third-order valence-corrected chi connectivity index (χ3v) is 3.85. The number of nitrogens with zero attached hydrogens (tertiary/aromatic N) is 4. The van der Waals surface area contributed by atoms with Crippen molar-refractivity contribution in [1.82, 2.24) is 19.9 Å². The van der Waals surface area contributed by atoms with Gasteiger partial charge in [0.2, 0.25) is 0 Å². The van der Waals surface area contributed by atoms with E-state index in [9.17, 15) is 0 Å². The van der Waals surface area contributed by atoms with Gasteiger partial charge in [0.05, 0.1) is 17.1 Å². The quantitative estimate of drug-likeness (QED) is 0.613. The lowest BCUT2D eigenvalue weighted by molar-refractivity contribution is 0.239. The lowest BCUT2D eigenvalue weighted by Crippen LogP contribution is -2.24. The monoisotopic (exact) mass is 358 g/mol. The molecule has 0 radical (unpaired) electrons. The zero-order valence-electron chi connectivity index (χ0n) is 12.9. The zero-order valence-corrected chi connectivity index (χ0v) is 14.5. The van der Waals surface area contributed by atoms with Crippen LogP contribution in [0.2, 0.25) is 10.3 Å². The molecule has 0 N–H and O–H groups in total. The lowest BCUT2D eigenvalue weighted by atomic mass is 10.2. The molecule has 0 saturated carbocycles. The van der Waals surface area contributed by atoms with Gasteiger partial charge in [0.25, 0.3) is 0 Å². The third-order valence-electron chi connectivity index (χ3n) is 3.43. The number of hydrogen-bond acceptors (Lipinski definition) is 4. The summed E-state index contributed by atoms with van der Waals surface area (Å²) in [5.74, 6) is 0. The highest BCUT2D eigenvalue weighted by Crippen LogP contribution is 2.14. The van der Waals surface area contributed by atoms with E-state index in [4.69, 9.17) is 23.2 Å². The van der Waals surface area contributed by atoms with Crippen molar-refractivity contribution in [1.29, 1.82) is 0 Å². The summed E-state index contributed by atoms with van der Waals surface area (Å²) in [7, 11) is 0. The van der Waals surface area contributed by atoms with Crippen molar-refractivity contribution < 1.29 is 0 Å². The van der Waals surface area contributed by atoms with Gasteiger partial charge in [-0.1, -0.05) is 41.4 Å². The molecule has 4 nitrogen and oxygen atoms in total. The molecule has 0 atom stereocenters. The van der Waals surface area contributed by atoms with Crippen molar-refractivity contribution in [3.63, 3.8) is 0 Å². The fraction of sp³-hybridized carbons (Fsp3) is 0.167. The van der Waals surface area contributed by atoms with E-state index in [2.05, 4.69) is 19.9 Å². The van der Waals surface area contributed by atoms with E-state index in [0.29, 0.717) is 29.9 Å². The molecule has 3 aromatic rings. The molecule has 3 heterocycles. The Bertz CT molecular complexity index is 748. The minimum Gasteiger partial charge on any atom is -0.286 e. The molecule has 3 rings (SSSR count). The summed E-state index contributed by atoms with van der Waals surface area (Å²) in [5.41, 5.74) is 2.79. The zero-order chi connectivity index (χ0) is 16.8. The third kappa shape index (κ3) is 4.99. The Morgan fingerprint density at radius 2 is 1.21 bits per heavy atom. The Morgan fingerprint density at radius 1 is 0.667 bits per heavy atom. The molecule has 6 heteroatoms. The second kappa shape index (κ2) is 8.20. The maximum absolute atomic E-state index is 6.00. The highest BCUT2D eigenvalue weighted by Gasteiger charge is 2.11. The highest BCUT2D eigenvalue weighted by atomic mass is 35.5. The molecular weight excluding hydrogens is 343 g/mol. The second-order valence-corrected chi connectivity index (χ2v) is 6.14. The van der Waals surface area contributed by atoms with E-state index >= 15 is 0 Å². The molecule has 0 unspecified atom stereocenters. The summed E-state index contributed by atoms with van der Waals surface area (Å²) in [4.78, 5) is 15.4. The molecule has 0 aromatic carbocycles. The van der Waals surface area contributed by atoms with Crippen LogP contribution in [0.25, 0.3) is 0 Å². The first-order valence-electron chi connectivity index (χ1n) is 7.54. The van der Waals surface area contributed by atoms with E-state index in [1.807, 2.05) is 42.5 Å². The van der Waals surface area contributed by atoms with Gasteiger partial charge in [-0.25, -0.2) is 9.97 Å². The predicted octanol–water partition coefficient (Wildman–Crippen LogP) is 4.38. The van der Waals surface area contributed by atoms with Crippen LogP contribution in [0.3, 0.4) is 0 Å². The van der Waals surface area contributed by atoms with Crippen molar-refractivity contribution in [2.24, 2.45) is 0 Å². The van der Waals surface area contributed by atoms with Crippen molar-refractivity contribution in [2.45, 2.75) is 19.6 Å². The maximum Gasteiger partial charge on any atom is 0.129 e. The molecule has 0 amide bonds. The minimum absolute atomic E-state index is 0.492. The van der Waals surface area contributed by atoms with Crippen LogP contribution in [0.15, 0.2) is 60.8 Å². The predicted molar refractivity (Wildman–Crippen MR) is 95.7 cm³/mol. The second-order valence-electron chi connectivity index (χ2n) is 5.37. The van der Waals surface area contributed by atoms with Gasteiger partial charge in [-0.3, -0.25) is 9.88 Å². The normalized spacial score (nSPS) is 11.0. The summed E-state index contributed by atoms with van der Waals surface area (Å²) in [6.07, 6.45) is 1.79. The summed E-state index contributed by atoms with van der Waals surface area (Å²) in [5, 5.41) is 0.984. The van der Waals surface area contributed by atoms with Gasteiger partial charge in [0, 0.05) is 25.8 Å². The van der Waals surface area contributed by atoms with Gasteiger partial charge in [-0.2, -0.15) is 0 Å². The number of pyridine rings is 3. The smallest absolute Gasteiger partial charge is 0.129 e. The SMILES string of the molecule is Clc1cccc(CN(Cc2ccccn2)Cc2cccc(Cl)n2)n1. The van der Waals surface area contributed by atoms with Gasteiger partial charge in [0.15, 0.2) is 0 Å². The molecule has 122 valence electrons. The first-order chi connectivity index (χ1) is 11.7. The van der Waals surface area contributed by atoms with Gasteiger partial charge < -0.3 is 0 Å². The van der Waals surface area contributed by atoms with E-state index in [1.54, 1.807) is 18.3 Å². The van der Waals surface area contributed by atoms with E-state index in [-0.39, 0.29) is 0 Å². The van der Waals surface area contributed by atoms with Crippen LogP contribution in [-0.4, -0.2) is 19.9 Å².